The molecule has 0 bridgehead atoms. The SMILES string of the molecule is Fc1ccc(CN(CCc2ccccn2)Cc2nc(-c3ccc(F)cc3)no2)cc1. The highest BCUT2D eigenvalue weighted by Gasteiger charge is 2.14. The monoisotopic (exact) mass is 406 g/mol. The van der Waals surface area contributed by atoms with Crippen LogP contribution in [-0.2, 0) is 19.5 Å². The molecule has 0 saturated heterocycles. The van der Waals surface area contributed by atoms with E-state index in [4.69, 9.17) is 4.52 Å². The summed E-state index contributed by atoms with van der Waals surface area (Å²) in [5.74, 6) is 0.288. The number of aromatic nitrogens is 3. The smallest absolute Gasteiger partial charge is 0.241 e. The van der Waals surface area contributed by atoms with Crippen molar-refractivity contribution in [2.24, 2.45) is 0 Å². The molecule has 7 heteroatoms. The Balaban J connectivity index is 1.48. The number of nitrogens with zero attached hydrogens (tertiary/aromatic N) is 4. The van der Waals surface area contributed by atoms with Crippen LogP contribution in [0.5, 0.6) is 0 Å². The maximum atomic E-state index is 13.3. The summed E-state index contributed by atoms with van der Waals surface area (Å²) in [4.78, 5) is 11.0. The van der Waals surface area contributed by atoms with E-state index in [0.29, 0.717) is 36.9 Å². The maximum Gasteiger partial charge on any atom is 0.241 e. The van der Waals surface area contributed by atoms with Crippen molar-refractivity contribution in [2.45, 2.75) is 19.5 Å². The number of hydrogen-bond donors (Lipinski definition) is 0. The van der Waals surface area contributed by atoms with Gasteiger partial charge in [-0.15, -0.1) is 0 Å². The Morgan fingerprint density at radius 3 is 2.27 bits per heavy atom. The average Bonchev–Trinajstić information content (AvgIpc) is 3.23. The molecule has 0 spiro atoms. The van der Waals surface area contributed by atoms with Crippen molar-refractivity contribution < 1.29 is 13.3 Å². The van der Waals surface area contributed by atoms with Crippen LogP contribution in [-0.4, -0.2) is 26.6 Å². The lowest BCUT2D eigenvalue weighted by Crippen LogP contribution is -2.25. The third kappa shape index (κ3) is 5.33. The van der Waals surface area contributed by atoms with Gasteiger partial charge in [0.15, 0.2) is 0 Å². The van der Waals surface area contributed by atoms with Crippen LogP contribution in [0.1, 0.15) is 17.1 Å². The molecule has 30 heavy (non-hydrogen) atoms. The van der Waals surface area contributed by atoms with Crippen LogP contribution >= 0.6 is 0 Å². The molecule has 0 aliphatic carbocycles. The number of pyridine rings is 1. The lowest BCUT2D eigenvalue weighted by Gasteiger charge is -2.20. The number of hydrogen-bond acceptors (Lipinski definition) is 5. The van der Waals surface area contributed by atoms with Gasteiger partial charge in [0.1, 0.15) is 11.6 Å². The van der Waals surface area contributed by atoms with Gasteiger partial charge in [0.2, 0.25) is 11.7 Å². The average molecular weight is 406 g/mol. The van der Waals surface area contributed by atoms with E-state index in [-0.39, 0.29) is 11.6 Å². The van der Waals surface area contributed by atoms with Crippen LogP contribution in [0.4, 0.5) is 8.78 Å². The minimum Gasteiger partial charge on any atom is -0.338 e. The summed E-state index contributed by atoms with van der Waals surface area (Å²) in [6.45, 7) is 1.74. The Bertz CT molecular complexity index is 1070. The van der Waals surface area contributed by atoms with Gasteiger partial charge in [-0.1, -0.05) is 23.4 Å². The van der Waals surface area contributed by atoms with Crippen molar-refractivity contribution in [2.75, 3.05) is 6.54 Å². The first-order valence-corrected chi connectivity index (χ1v) is 9.61. The normalized spacial score (nSPS) is 11.2. The summed E-state index contributed by atoms with van der Waals surface area (Å²) in [5.41, 5.74) is 2.65. The van der Waals surface area contributed by atoms with Gasteiger partial charge in [0.05, 0.1) is 6.54 Å². The van der Waals surface area contributed by atoms with Crippen LogP contribution in [0, 0.1) is 11.6 Å². The molecule has 0 aliphatic rings. The Kier molecular flexibility index (Phi) is 6.20. The van der Waals surface area contributed by atoms with Gasteiger partial charge in [-0.2, -0.15) is 4.98 Å². The van der Waals surface area contributed by atoms with Crippen molar-refractivity contribution in [3.8, 4) is 11.4 Å². The standard InChI is InChI=1S/C23H20F2N4O/c24-19-8-4-17(5-9-19)15-29(14-12-21-3-1-2-13-26-21)16-22-27-23(28-30-22)18-6-10-20(25)11-7-18/h1-11,13H,12,14-16H2. The molecule has 2 aromatic heterocycles. The van der Waals surface area contributed by atoms with E-state index >= 15 is 0 Å². The van der Waals surface area contributed by atoms with Crippen molar-refractivity contribution in [3.63, 3.8) is 0 Å². The molecule has 0 fully saturated rings. The first-order chi connectivity index (χ1) is 14.7. The van der Waals surface area contributed by atoms with Crippen LogP contribution in [0.2, 0.25) is 0 Å². The molecule has 0 radical (unpaired) electrons. The molecule has 4 aromatic rings. The van der Waals surface area contributed by atoms with Gasteiger partial charge >= 0.3 is 0 Å². The van der Waals surface area contributed by atoms with Gasteiger partial charge in [0, 0.05) is 37.0 Å². The zero-order valence-electron chi connectivity index (χ0n) is 16.2. The zero-order valence-corrected chi connectivity index (χ0v) is 16.2. The molecule has 0 atom stereocenters. The largest absolute Gasteiger partial charge is 0.338 e. The van der Waals surface area contributed by atoms with E-state index in [0.717, 1.165) is 17.7 Å². The van der Waals surface area contributed by atoms with Gasteiger partial charge in [-0.3, -0.25) is 9.88 Å². The van der Waals surface area contributed by atoms with Gasteiger partial charge in [0.25, 0.3) is 0 Å². The lowest BCUT2D eigenvalue weighted by molar-refractivity contribution is 0.220. The molecule has 5 nitrogen and oxygen atoms in total. The predicted molar refractivity (Wildman–Crippen MR) is 108 cm³/mol. The fraction of sp³-hybridized carbons (Fsp3) is 0.174. The van der Waals surface area contributed by atoms with E-state index in [9.17, 15) is 8.78 Å². The van der Waals surface area contributed by atoms with Crippen molar-refractivity contribution >= 4 is 0 Å². The molecule has 152 valence electrons. The second kappa shape index (κ2) is 9.37. The summed E-state index contributed by atoms with van der Waals surface area (Å²) in [7, 11) is 0. The Hall–Kier alpha value is -3.45. The van der Waals surface area contributed by atoms with Crippen LogP contribution in [0.25, 0.3) is 11.4 Å². The fourth-order valence-electron chi connectivity index (χ4n) is 3.11. The van der Waals surface area contributed by atoms with Gasteiger partial charge in [-0.05, 0) is 54.1 Å². The van der Waals surface area contributed by atoms with Crippen molar-refractivity contribution in [3.05, 3.63) is 102 Å². The van der Waals surface area contributed by atoms with E-state index < -0.39 is 0 Å². The molecule has 2 heterocycles. The molecule has 0 N–H and O–H groups in total. The van der Waals surface area contributed by atoms with E-state index in [1.807, 2.05) is 18.2 Å². The molecule has 0 aliphatic heterocycles. The summed E-state index contributed by atoms with van der Waals surface area (Å²) < 4.78 is 31.8. The minimum absolute atomic E-state index is 0.264. The molecular formula is C23H20F2N4O. The molecular weight excluding hydrogens is 386 g/mol. The lowest BCUT2D eigenvalue weighted by atomic mass is 10.2. The molecule has 2 aromatic carbocycles. The summed E-state index contributed by atoms with van der Waals surface area (Å²) in [6.07, 6.45) is 2.52. The maximum absolute atomic E-state index is 13.3. The first kappa shape index (κ1) is 19.8. The fourth-order valence-corrected chi connectivity index (χ4v) is 3.11. The highest BCUT2D eigenvalue weighted by molar-refractivity contribution is 5.53. The van der Waals surface area contributed by atoms with Crippen LogP contribution < -0.4 is 0 Å². The highest BCUT2D eigenvalue weighted by Crippen LogP contribution is 2.18. The number of halogens is 2. The van der Waals surface area contributed by atoms with E-state index in [1.165, 1.54) is 24.3 Å². The number of benzene rings is 2. The quantitative estimate of drug-likeness (QED) is 0.426. The molecule has 0 unspecified atom stereocenters. The first-order valence-electron chi connectivity index (χ1n) is 9.61. The van der Waals surface area contributed by atoms with E-state index in [2.05, 4.69) is 20.0 Å². The van der Waals surface area contributed by atoms with Crippen molar-refractivity contribution in [1.82, 2.24) is 20.0 Å². The third-order valence-corrected chi connectivity index (χ3v) is 4.66. The van der Waals surface area contributed by atoms with E-state index in [1.54, 1.807) is 30.5 Å². The molecule has 0 saturated carbocycles. The van der Waals surface area contributed by atoms with Crippen LogP contribution in [0.3, 0.4) is 0 Å². The summed E-state index contributed by atoms with van der Waals surface area (Å²) in [6, 6.07) is 18.2. The topological polar surface area (TPSA) is 55.1 Å². The highest BCUT2D eigenvalue weighted by atomic mass is 19.1. The second-order valence-corrected chi connectivity index (χ2v) is 6.93. The van der Waals surface area contributed by atoms with Crippen molar-refractivity contribution in [1.29, 1.82) is 0 Å². The van der Waals surface area contributed by atoms with Crippen LogP contribution in [0.15, 0.2) is 77.4 Å². The third-order valence-electron chi connectivity index (χ3n) is 4.66. The Morgan fingerprint density at radius 1 is 0.833 bits per heavy atom. The predicted octanol–water partition coefficient (Wildman–Crippen LogP) is 4.65. The summed E-state index contributed by atoms with van der Waals surface area (Å²) >= 11 is 0. The Morgan fingerprint density at radius 2 is 1.57 bits per heavy atom. The summed E-state index contributed by atoms with van der Waals surface area (Å²) in [5, 5.41) is 4.01. The van der Waals surface area contributed by atoms with Gasteiger partial charge in [-0.25, -0.2) is 8.78 Å². The Labute approximate surface area is 173 Å². The second-order valence-electron chi connectivity index (χ2n) is 6.93. The minimum atomic E-state index is -0.317. The molecule has 0 amide bonds. The molecule has 4 rings (SSSR count). The van der Waals surface area contributed by atoms with Gasteiger partial charge < -0.3 is 4.52 Å². The number of rotatable bonds is 8. The zero-order chi connectivity index (χ0) is 20.8.